The number of ether oxygens (including phenoxy) is 1. The average Bonchev–Trinajstić information content (AvgIpc) is 2.79. The van der Waals surface area contributed by atoms with Crippen LogP contribution in [0.1, 0.15) is 19.9 Å². The molecule has 0 aliphatic carbocycles. The molecule has 0 aliphatic rings. The fourth-order valence-electron chi connectivity index (χ4n) is 1.60. The fraction of sp³-hybridized carbons (Fsp3) is 0.308. The normalized spacial score (nSPS) is 10.9. The molecule has 0 spiro atoms. The van der Waals surface area contributed by atoms with E-state index in [1.807, 2.05) is 16.9 Å². The molecule has 0 N–H and O–H groups in total. The number of aromatic nitrogens is 2. The zero-order valence-electron chi connectivity index (χ0n) is 10.1. The maximum atomic E-state index is 13.3. The highest BCUT2D eigenvalue weighted by Crippen LogP contribution is 2.25. The maximum absolute atomic E-state index is 13.3. The van der Waals surface area contributed by atoms with E-state index in [0.717, 1.165) is 11.3 Å². The highest BCUT2D eigenvalue weighted by Gasteiger charge is 2.08. The van der Waals surface area contributed by atoms with E-state index in [0.29, 0.717) is 6.04 Å². The molecule has 0 fully saturated rings. The van der Waals surface area contributed by atoms with E-state index < -0.39 is 0 Å². The molecular weight excluding hydrogens is 219 g/mol. The van der Waals surface area contributed by atoms with Crippen molar-refractivity contribution < 1.29 is 9.13 Å². The average molecular weight is 234 g/mol. The van der Waals surface area contributed by atoms with Gasteiger partial charge in [0.05, 0.1) is 12.8 Å². The quantitative estimate of drug-likeness (QED) is 0.814. The van der Waals surface area contributed by atoms with Crippen LogP contribution in [0, 0.1) is 5.82 Å². The van der Waals surface area contributed by atoms with Gasteiger partial charge in [0, 0.05) is 17.8 Å². The van der Waals surface area contributed by atoms with Crippen LogP contribution >= 0.6 is 0 Å². The summed E-state index contributed by atoms with van der Waals surface area (Å²) < 4.78 is 20.1. The van der Waals surface area contributed by atoms with Gasteiger partial charge in [-0.25, -0.2) is 4.39 Å². The lowest BCUT2D eigenvalue weighted by Crippen LogP contribution is -2.00. The van der Waals surface area contributed by atoms with Gasteiger partial charge in [-0.3, -0.25) is 4.68 Å². The van der Waals surface area contributed by atoms with Crippen molar-refractivity contribution in [3.8, 4) is 17.0 Å². The van der Waals surface area contributed by atoms with Gasteiger partial charge in [-0.05, 0) is 38.1 Å². The molecule has 0 radical (unpaired) electrons. The third-order valence-corrected chi connectivity index (χ3v) is 2.58. The summed E-state index contributed by atoms with van der Waals surface area (Å²) in [5.74, 6) is -0.124. The lowest BCUT2D eigenvalue weighted by atomic mass is 10.1. The first-order valence-electron chi connectivity index (χ1n) is 5.51. The number of hydrogen-bond acceptors (Lipinski definition) is 2. The number of hydrogen-bond donors (Lipinski definition) is 0. The molecule has 4 heteroatoms. The molecule has 17 heavy (non-hydrogen) atoms. The third kappa shape index (κ3) is 2.30. The Bertz CT molecular complexity index is 520. The first-order chi connectivity index (χ1) is 8.11. The van der Waals surface area contributed by atoms with Crippen molar-refractivity contribution in [2.24, 2.45) is 0 Å². The lowest BCUT2D eigenvalue weighted by Gasteiger charge is -2.05. The molecule has 0 bridgehead atoms. The van der Waals surface area contributed by atoms with Crippen LogP contribution in [0.5, 0.6) is 5.75 Å². The molecule has 0 saturated heterocycles. The Morgan fingerprint density at radius 2 is 2.06 bits per heavy atom. The summed E-state index contributed by atoms with van der Waals surface area (Å²) in [4.78, 5) is 0. The van der Waals surface area contributed by atoms with E-state index in [1.54, 1.807) is 12.1 Å². The molecule has 1 heterocycles. The predicted octanol–water partition coefficient (Wildman–Crippen LogP) is 3.28. The van der Waals surface area contributed by atoms with Crippen molar-refractivity contribution in [1.82, 2.24) is 9.78 Å². The molecular formula is C13H15FN2O. The minimum atomic E-state index is -0.362. The van der Waals surface area contributed by atoms with Gasteiger partial charge in [0.2, 0.25) is 0 Å². The molecule has 2 aromatic rings. The van der Waals surface area contributed by atoms with Crippen LogP contribution in [0.4, 0.5) is 4.39 Å². The van der Waals surface area contributed by atoms with E-state index in [9.17, 15) is 4.39 Å². The second-order valence-corrected chi connectivity index (χ2v) is 4.12. The molecule has 0 saturated carbocycles. The highest BCUT2D eigenvalue weighted by atomic mass is 19.1. The van der Waals surface area contributed by atoms with Crippen molar-refractivity contribution in [3.63, 3.8) is 0 Å². The number of methoxy groups -OCH3 is 1. The zero-order chi connectivity index (χ0) is 12.4. The molecule has 0 amide bonds. The highest BCUT2D eigenvalue weighted by molar-refractivity contribution is 5.60. The Morgan fingerprint density at radius 1 is 1.29 bits per heavy atom. The van der Waals surface area contributed by atoms with Crippen molar-refractivity contribution in [3.05, 3.63) is 36.3 Å². The molecule has 0 atom stereocenters. The molecule has 1 aromatic heterocycles. The number of rotatable bonds is 3. The van der Waals surface area contributed by atoms with Crippen LogP contribution in [-0.4, -0.2) is 16.9 Å². The Balaban J connectivity index is 2.38. The standard InChI is InChI=1S/C13H15FN2O/c1-9(2)16-7-6-12(15-16)10-4-5-11(14)13(8-10)17-3/h4-9H,1-3H3. The number of nitrogens with zero attached hydrogens (tertiary/aromatic N) is 2. The largest absolute Gasteiger partial charge is 0.494 e. The summed E-state index contributed by atoms with van der Waals surface area (Å²) in [5.41, 5.74) is 1.67. The van der Waals surface area contributed by atoms with E-state index in [4.69, 9.17) is 4.74 Å². The molecule has 90 valence electrons. The summed E-state index contributed by atoms with van der Waals surface area (Å²) in [6, 6.07) is 6.97. The van der Waals surface area contributed by atoms with Gasteiger partial charge < -0.3 is 4.74 Å². The van der Waals surface area contributed by atoms with E-state index in [-0.39, 0.29) is 11.6 Å². The van der Waals surface area contributed by atoms with Crippen LogP contribution in [0.3, 0.4) is 0 Å². The van der Waals surface area contributed by atoms with Crippen molar-refractivity contribution in [1.29, 1.82) is 0 Å². The SMILES string of the molecule is COc1cc(-c2ccn(C(C)C)n2)ccc1F. The first kappa shape index (κ1) is 11.6. The van der Waals surface area contributed by atoms with Crippen LogP contribution in [0.25, 0.3) is 11.3 Å². The molecule has 1 aromatic carbocycles. The maximum Gasteiger partial charge on any atom is 0.165 e. The lowest BCUT2D eigenvalue weighted by molar-refractivity contribution is 0.387. The minimum Gasteiger partial charge on any atom is -0.494 e. The van der Waals surface area contributed by atoms with Gasteiger partial charge in [-0.2, -0.15) is 5.10 Å². The predicted molar refractivity (Wildman–Crippen MR) is 64.6 cm³/mol. The van der Waals surface area contributed by atoms with E-state index in [2.05, 4.69) is 18.9 Å². The number of benzene rings is 1. The third-order valence-electron chi connectivity index (χ3n) is 2.58. The van der Waals surface area contributed by atoms with Crippen LogP contribution in [0.15, 0.2) is 30.5 Å². The Hall–Kier alpha value is -1.84. The monoisotopic (exact) mass is 234 g/mol. The van der Waals surface area contributed by atoms with Gasteiger partial charge in [0.15, 0.2) is 11.6 Å². The van der Waals surface area contributed by atoms with Gasteiger partial charge in [0.25, 0.3) is 0 Å². The summed E-state index contributed by atoms with van der Waals surface area (Å²) >= 11 is 0. The molecule has 2 rings (SSSR count). The summed E-state index contributed by atoms with van der Waals surface area (Å²) in [6.45, 7) is 4.12. The zero-order valence-corrected chi connectivity index (χ0v) is 10.1. The summed E-state index contributed by atoms with van der Waals surface area (Å²) in [6.07, 6.45) is 1.91. The van der Waals surface area contributed by atoms with Crippen LogP contribution in [0.2, 0.25) is 0 Å². The van der Waals surface area contributed by atoms with Gasteiger partial charge in [-0.15, -0.1) is 0 Å². The minimum absolute atomic E-state index is 0.238. The topological polar surface area (TPSA) is 27.1 Å². The second kappa shape index (κ2) is 4.57. The van der Waals surface area contributed by atoms with Gasteiger partial charge in [-0.1, -0.05) is 0 Å². The van der Waals surface area contributed by atoms with Crippen LogP contribution in [-0.2, 0) is 0 Å². The van der Waals surface area contributed by atoms with Crippen molar-refractivity contribution in [2.45, 2.75) is 19.9 Å². The number of halogens is 1. The van der Waals surface area contributed by atoms with Gasteiger partial charge >= 0.3 is 0 Å². The Labute approximate surface area is 99.8 Å². The fourth-order valence-corrected chi connectivity index (χ4v) is 1.60. The summed E-state index contributed by atoms with van der Waals surface area (Å²) in [7, 11) is 1.45. The van der Waals surface area contributed by atoms with Crippen molar-refractivity contribution >= 4 is 0 Å². The smallest absolute Gasteiger partial charge is 0.165 e. The molecule has 0 aliphatic heterocycles. The van der Waals surface area contributed by atoms with E-state index >= 15 is 0 Å². The van der Waals surface area contributed by atoms with E-state index in [1.165, 1.54) is 13.2 Å². The Morgan fingerprint density at radius 3 is 2.65 bits per heavy atom. The second-order valence-electron chi connectivity index (χ2n) is 4.12. The van der Waals surface area contributed by atoms with Crippen LogP contribution < -0.4 is 4.74 Å². The van der Waals surface area contributed by atoms with Gasteiger partial charge in [0.1, 0.15) is 0 Å². The molecule has 3 nitrogen and oxygen atoms in total. The Kier molecular flexibility index (Phi) is 3.13. The molecule has 0 unspecified atom stereocenters. The summed E-state index contributed by atoms with van der Waals surface area (Å²) in [5, 5.41) is 4.42. The first-order valence-corrected chi connectivity index (χ1v) is 5.51. The van der Waals surface area contributed by atoms with Crippen molar-refractivity contribution in [2.75, 3.05) is 7.11 Å².